The molecule has 3 rings (SSSR count). The van der Waals surface area contributed by atoms with Crippen molar-refractivity contribution in [3.05, 3.63) is 53.6 Å². The van der Waals surface area contributed by atoms with E-state index in [9.17, 15) is 5.11 Å². The first-order valence-corrected chi connectivity index (χ1v) is 5.96. The molecule has 6 heteroatoms. The molecule has 0 saturated carbocycles. The molecular formula is C13H9ClN4O. The predicted octanol–water partition coefficient (Wildman–Crippen LogP) is 2.69. The topological polar surface area (TPSA) is 63.8 Å². The van der Waals surface area contributed by atoms with Crippen LogP contribution >= 0.6 is 11.6 Å². The maximum absolute atomic E-state index is 9.91. The van der Waals surface area contributed by atoms with E-state index in [1.165, 1.54) is 6.07 Å². The second-order valence-electron chi connectivity index (χ2n) is 3.91. The Labute approximate surface area is 114 Å². The van der Waals surface area contributed by atoms with E-state index in [0.29, 0.717) is 16.4 Å². The van der Waals surface area contributed by atoms with Crippen molar-refractivity contribution in [1.82, 2.24) is 20.2 Å². The third kappa shape index (κ3) is 2.15. The molecule has 0 aliphatic heterocycles. The van der Waals surface area contributed by atoms with Gasteiger partial charge in [0.2, 0.25) is 0 Å². The van der Waals surface area contributed by atoms with Crippen molar-refractivity contribution in [3.8, 4) is 22.8 Å². The first kappa shape index (κ1) is 11.7. The number of aromatic nitrogens is 4. The van der Waals surface area contributed by atoms with Crippen LogP contribution in [0.1, 0.15) is 0 Å². The number of phenols is 1. The predicted molar refractivity (Wildman–Crippen MR) is 71.3 cm³/mol. The Balaban J connectivity index is 2.18. The molecule has 2 aromatic carbocycles. The summed E-state index contributed by atoms with van der Waals surface area (Å²) in [5.41, 5.74) is 1.29. The van der Waals surface area contributed by atoms with Crippen LogP contribution < -0.4 is 0 Å². The fourth-order valence-corrected chi connectivity index (χ4v) is 1.96. The van der Waals surface area contributed by atoms with Gasteiger partial charge in [0, 0.05) is 5.02 Å². The molecule has 0 aliphatic rings. The van der Waals surface area contributed by atoms with Gasteiger partial charge >= 0.3 is 0 Å². The normalized spacial score (nSPS) is 10.6. The monoisotopic (exact) mass is 272 g/mol. The van der Waals surface area contributed by atoms with Crippen molar-refractivity contribution < 1.29 is 5.11 Å². The van der Waals surface area contributed by atoms with Gasteiger partial charge in [-0.3, -0.25) is 0 Å². The van der Waals surface area contributed by atoms with Gasteiger partial charge in [0.15, 0.2) is 5.82 Å². The Morgan fingerprint density at radius 2 is 1.84 bits per heavy atom. The number of tetrazole rings is 1. The standard InChI is InChI=1S/C13H9ClN4O/c14-9-6-7-12(19)11(8-9)13-15-16-17-18(13)10-4-2-1-3-5-10/h1-8,19H. The van der Waals surface area contributed by atoms with Crippen LogP contribution in [0.15, 0.2) is 48.5 Å². The highest BCUT2D eigenvalue weighted by atomic mass is 35.5. The van der Waals surface area contributed by atoms with E-state index in [4.69, 9.17) is 11.6 Å². The van der Waals surface area contributed by atoms with Crippen molar-refractivity contribution in [2.24, 2.45) is 0 Å². The summed E-state index contributed by atoms with van der Waals surface area (Å²) in [5.74, 6) is 0.516. The molecule has 0 bridgehead atoms. The quantitative estimate of drug-likeness (QED) is 0.779. The molecule has 0 aliphatic carbocycles. The highest BCUT2D eigenvalue weighted by Gasteiger charge is 2.14. The summed E-state index contributed by atoms with van der Waals surface area (Å²) in [7, 11) is 0. The Morgan fingerprint density at radius 1 is 1.05 bits per heavy atom. The third-order valence-corrected chi connectivity index (χ3v) is 2.90. The van der Waals surface area contributed by atoms with Gasteiger partial charge < -0.3 is 5.11 Å². The van der Waals surface area contributed by atoms with E-state index >= 15 is 0 Å². The van der Waals surface area contributed by atoms with Gasteiger partial charge in [0.1, 0.15) is 5.75 Å². The summed E-state index contributed by atoms with van der Waals surface area (Å²) in [5, 5.41) is 22.0. The molecule has 5 nitrogen and oxygen atoms in total. The average molecular weight is 273 g/mol. The van der Waals surface area contributed by atoms with Crippen LogP contribution in [0.25, 0.3) is 17.1 Å². The zero-order valence-corrected chi connectivity index (χ0v) is 10.5. The van der Waals surface area contributed by atoms with E-state index < -0.39 is 0 Å². The largest absolute Gasteiger partial charge is 0.507 e. The molecule has 1 heterocycles. The molecule has 0 radical (unpaired) electrons. The van der Waals surface area contributed by atoms with Crippen molar-refractivity contribution >= 4 is 11.6 Å². The summed E-state index contributed by atoms with van der Waals surface area (Å²) in [6, 6.07) is 14.2. The number of rotatable bonds is 2. The van der Waals surface area contributed by atoms with Crippen LogP contribution in [-0.2, 0) is 0 Å². The molecule has 1 aromatic heterocycles. The maximum atomic E-state index is 9.91. The second kappa shape index (κ2) is 4.70. The van der Waals surface area contributed by atoms with E-state index in [1.807, 2.05) is 30.3 Å². The maximum Gasteiger partial charge on any atom is 0.190 e. The molecule has 0 unspecified atom stereocenters. The minimum atomic E-state index is 0.0800. The summed E-state index contributed by atoms with van der Waals surface area (Å²) < 4.78 is 1.55. The molecule has 0 fully saturated rings. The Morgan fingerprint density at radius 3 is 2.63 bits per heavy atom. The highest BCUT2D eigenvalue weighted by molar-refractivity contribution is 6.30. The SMILES string of the molecule is Oc1ccc(Cl)cc1-c1nnnn1-c1ccccc1. The van der Waals surface area contributed by atoms with Crippen molar-refractivity contribution in [2.45, 2.75) is 0 Å². The smallest absolute Gasteiger partial charge is 0.190 e. The number of para-hydroxylation sites is 1. The average Bonchev–Trinajstić information content (AvgIpc) is 2.91. The fourth-order valence-electron chi connectivity index (χ4n) is 1.79. The lowest BCUT2D eigenvalue weighted by Crippen LogP contribution is -1.99. The van der Waals surface area contributed by atoms with Crippen LogP contribution in [0.5, 0.6) is 5.75 Å². The minimum absolute atomic E-state index is 0.0800. The van der Waals surface area contributed by atoms with E-state index in [2.05, 4.69) is 15.5 Å². The number of nitrogens with zero attached hydrogens (tertiary/aromatic N) is 4. The Bertz CT molecular complexity index is 712. The lowest BCUT2D eigenvalue weighted by molar-refractivity contribution is 0.476. The third-order valence-electron chi connectivity index (χ3n) is 2.67. The zero-order valence-electron chi connectivity index (χ0n) is 9.73. The van der Waals surface area contributed by atoms with Crippen LogP contribution in [0, 0.1) is 0 Å². The molecule has 94 valence electrons. The number of benzene rings is 2. The number of phenolic OH excluding ortho intramolecular Hbond substituents is 1. The van der Waals surface area contributed by atoms with Crippen molar-refractivity contribution in [1.29, 1.82) is 0 Å². The van der Waals surface area contributed by atoms with Gasteiger partial charge in [-0.2, -0.15) is 4.68 Å². The van der Waals surface area contributed by atoms with Crippen molar-refractivity contribution in [3.63, 3.8) is 0 Å². The van der Waals surface area contributed by atoms with Gasteiger partial charge in [-0.1, -0.05) is 29.8 Å². The molecule has 1 N–H and O–H groups in total. The molecule has 0 saturated heterocycles. The Kier molecular flexibility index (Phi) is 2.89. The lowest BCUT2D eigenvalue weighted by atomic mass is 10.2. The van der Waals surface area contributed by atoms with Crippen LogP contribution in [0.2, 0.25) is 5.02 Å². The number of halogens is 1. The molecular weight excluding hydrogens is 264 g/mol. The first-order chi connectivity index (χ1) is 9.25. The number of hydrogen-bond donors (Lipinski definition) is 1. The van der Waals surface area contributed by atoms with Crippen LogP contribution in [0.3, 0.4) is 0 Å². The Hall–Kier alpha value is -2.40. The number of hydrogen-bond acceptors (Lipinski definition) is 4. The molecule has 0 amide bonds. The molecule has 0 spiro atoms. The fraction of sp³-hybridized carbons (Fsp3) is 0. The van der Waals surface area contributed by atoms with Gasteiger partial charge in [-0.25, -0.2) is 0 Å². The zero-order chi connectivity index (χ0) is 13.2. The second-order valence-corrected chi connectivity index (χ2v) is 4.35. The summed E-state index contributed by atoms with van der Waals surface area (Å²) in [4.78, 5) is 0. The summed E-state index contributed by atoms with van der Waals surface area (Å²) >= 11 is 5.94. The highest BCUT2D eigenvalue weighted by Crippen LogP contribution is 2.30. The lowest BCUT2D eigenvalue weighted by Gasteiger charge is -2.06. The van der Waals surface area contributed by atoms with E-state index in [-0.39, 0.29) is 5.75 Å². The molecule has 3 aromatic rings. The first-order valence-electron chi connectivity index (χ1n) is 5.58. The number of aromatic hydroxyl groups is 1. The summed E-state index contributed by atoms with van der Waals surface area (Å²) in [6.45, 7) is 0. The van der Waals surface area contributed by atoms with E-state index in [0.717, 1.165) is 5.69 Å². The van der Waals surface area contributed by atoms with Crippen molar-refractivity contribution in [2.75, 3.05) is 0 Å². The van der Waals surface area contributed by atoms with Gasteiger partial charge in [0.25, 0.3) is 0 Å². The van der Waals surface area contributed by atoms with Gasteiger partial charge in [-0.05, 0) is 40.8 Å². The minimum Gasteiger partial charge on any atom is -0.507 e. The van der Waals surface area contributed by atoms with Gasteiger partial charge in [0.05, 0.1) is 11.3 Å². The molecule has 19 heavy (non-hydrogen) atoms. The van der Waals surface area contributed by atoms with Gasteiger partial charge in [-0.15, -0.1) is 5.10 Å². The van der Waals surface area contributed by atoms with Crippen LogP contribution in [0.4, 0.5) is 0 Å². The summed E-state index contributed by atoms with van der Waals surface area (Å²) in [6.07, 6.45) is 0. The molecule has 0 atom stereocenters. The van der Waals surface area contributed by atoms with Crippen LogP contribution in [-0.4, -0.2) is 25.3 Å². The van der Waals surface area contributed by atoms with E-state index in [1.54, 1.807) is 16.8 Å².